The van der Waals surface area contributed by atoms with Crippen LogP contribution in [0, 0.1) is 5.92 Å². The minimum atomic E-state index is -3.80. The highest BCUT2D eigenvalue weighted by molar-refractivity contribution is 7.99. The van der Waals surface area contributed by atoms with E-state index in [9.17, 15) is 18.3 Å². The van der Waals surface area contributed by atoms with Crippen molar-refractivity contribution in [2.45, 2.75) is 16.0 Å². The van der Waals surface area contributed by atoms with Crippen molar-refractivity contribution in [2.24, 2.45) is 11.0 Å². The highest BCUT2D eigenvalue weighted by Crippen LogP contribution is 2.29. The molecule has 2 N–H and O–H groups in total. The molecular formula is C22H21N5O5S2. The van der Waals surface area contributed by atoms with E-state index in [1.807, 2.05) is 0 Å². The average Bonchev–Trinajstić information content (AvgIpc) is 3.26. The summed E-state index contributed by atoms with van der Waals surface area (Å²) in [5.41, 5.74) is 0.386. The first-order valence-corrected chi connectivity index (χ1v) is 12.6. The predicted molar refractivity (Wildman–Crippen MR) is 127 cm³/mol. The van der Waals surface area contributed by atoms with Gasteiger partial charge in [-0.05, 0) is 54.6 Å². The predicted octanol–water partition coefficient (Wildman–Crippen LogP) is 2.81. The molecule has 10 nitrogen and oxygen atoms in total. The zero-order valence-corrected chi connectivity index (χ0v) is 19.6. The maximum atomic E-state index is 12.8. The fourth-order valence-corrected chi connectivity index (χ4v) is 5.14. The minimum Gasteiger partial charge on any atom is -0.508 e. The number of nitrogens with one attached hydrogen (secondary N) is 1. The number of rotatable bonds is 8. The molecule has 12 heteroatoms. The summed E-state index contributed by atoms with van der Waals surface area (Å²) in [5.74, 6) is 0.126. The van der Waals surface area contributed by atoms with E-state index in [-0.39, 0.29) is 28.4 Å². The number of amides is 1. The molecule has 2 aromatic carbocycles. The summed E-state index contributed by atoms with van der Waals surface area (Å²) in [6.07, 6.45) is 3.98. The van der Waals surface area contributed by atoms with Crippen LogP contribution >= 0.6 is 11.8 Å². The monoisotopic (exact) mass is 499 g/mol. The number of hydrogen-bond acceptors (Lipinski definition) is 9. The molecule has 1 aromatic heterocycles. The zero-order chi connectivity index (χ0) is 24.1. The van der Waals surface area contributed by atoms with E-state index in [0.717, 1.165) is 4.90 Å². The van der Waals surface area contributed by atoms with Crippen molar-refractivity contribution in [1.82, 2.24) is 15.0 Å². The van der Waals surface area contributed by atoms with Crippen LogP contribution in [-0.4, -0.2) is 59.7 Å². The molecule has 1 amide bonds. The number of hydrazone groups is 1. The molecular weight excluding hydrogens is 478 g/mol. The number of methoxy groups -OCH3 is 1. The Morgan fingerprint density at radius 1 is 1.12 bits per heavy atom. The second-order valence-electron chi connectivity index (χ2n) is 7.21. The van der Waals surface area contributed by atoms with Gasteiger partial charge in [0.15, 0.2) is 6.23 Å². The number of nitrogens with zero attached hydrogens (tertiary/aromatic N) is 4. The molecule has 0 aliphatic carbocycles. The Hall–Kier alpha value is -3.48. The van der Waals surface area contributed by atoms with Gasteiger partial charge in [0.25, 0.3) is 15.9 Å². The van der Waals surface area contributed by atoms with Crippen molar-refractivity contribution < 1.29 is 23.1 Å². The maximum absolute atomic E-state index is 12.8. The van der Waals surface area contributed by atoms with Gasteiger partial charge in [-0.25, -0.2) is 23.1 Å². The molecule has 1 aliphatic rings. The van der Waals surface area contributed by atoms with Gasteiger partial charge in [-0.2, -0.15) is 10.1 Å². The van der Waals surface area contributed by atoms with Gasteiger partial charge in [-0.15, -0.1) is 11.8 Å². The van der Waals surface area contributed by atoms with Gasteiger partial charge in [-0.3, -0.25) is 4.79 Å². The molecule has 0 radical (unpaired) electrons. The molecule has 2 atom stereocenters. The van der Waals surface area contributed by atoms with Crippen LogP contribution in [0.15, 0.2) is 81.9 Å². The first-order chi connectivity index (χ1) is 16.4. The van der Waals surface area contributed by atoms with E-state index < -0.39 is 16.3 Å². The van der Waals surface area contributed by atoms with Crippen LogP contribution < -0.4 is 4.72 Å². The van der Waals surface area contributed by atoms with Crippen molar-refractivity contribution in [3.8, 4) is 5.75 Å². The second-order valence-corrected chi connectivity index (χ2v) is 9.99. The van der Waals surface area contributed by atoms with Crippen molar-refractivity contribution in [3.63, 3.8) is 0 Å². The van der Waals surface area contributed by atoms with E-state index >= 15 is 0 Å². The zero-order valence-electron chi connectivity index (χ0n) is 18.0. The third-order valence-electron chi connectivity index (χ3n) is 4.92. The van der Waals surface area contributed by atoms with Crippen LogP contribution in [0.3, 0.4) is 0 Å². The van der Waals surface area contributed by atoms with Gasteiger partial charge in [0, 0.05) is 41.9 Å². The molecule has 2 unspecified atom stereocenters. The summed E-state index contributed by atoms with van der Waals surface area (Å²) in [6, 6.07) is 13.9. The third kappa shape index (κ3) is 5.35. The molecule has 1 aliphatic heterocycles. The third-order valence-corrected chi connectivity index (χ3v) is 7.42. The topological polar surface area (TPSA) is 134 Å². The van der Waals surface area contributed by atoms with E-state index in [1.165, 1.54) is 72.7 Å². The molecule has 0 bridgehead atoms. The smallest absolute Gasteiger partial charge is 0.276 e. The number of carbonyl (C=O) groups excluding carboxylic acids is 1. The standard InChI is InChI=1S/C22H21N5O5S2/c1-32-21-16(13-25-27(21)20(29)15-3-5-17(28)6-4-15)14-33-18-7-9-19(10-8-18)34(30,31)26-22-23-11-2-12-24-22/h2-13,16,21,28H,14H2,1H3,(H,23,24,26). The lowest BCUT2D eigenvalue weighted by Crippen LogP contribution is -2.39. The molecule has 2 heterocycles. The van der Waals surface area contributed by atoms with Crippen molar-refractivity contribution in [1.29, 1.82) is 0 Å². The van der Waals surface area contributed by atoms with Crippen LogP contribution in [-0.2, 0) is 14.8 Å². The number of aromatic hydroxyl groups is 1. The Bertz CT molecular complexity index is 1270. The number of ether oxygens (including phenoxy) is 1. The van der Waals surface area contributed by atoms with Crippen LogP contribution in [0.4, 0.5) is 5.95 Å². The normalized spacial score (nSPS) is 17.6. The highest BCUT2D eigenvalue weighted by atomic mass is 32.2. The quantitative estimate of drug-likeness (QED) is 0.452. The van der Waals surface area contributed by atoms with E-state index in [0.29, 0.717) is 11.3 Å². The van der Waals surface area contributed by atoms with E-state index in [1.54, 1.807) is 24.4 Å². The molecule has 0 saturated heterocycles. The van der Waals surface area contributed by atoms with Crippen LogP contribution in [0.5, 0.6) is 5.75 Å². The van der Waals surface area contributed by atoms with Gasteiger partial charge < -0.3 is 9.84 Å². The number of carbonyl (C=O) groups is 1. The van der Waals surface area contributed by atoms with Crippen molar-refractivity contribution >= 4 is 39.9 Å². The van der Waals surface area contributed by atoms with E-state index in [4.69, 9.17) is 4.74 Å². The number of benzene rings is 2. The maximum Gasteiger partial charge on any atom is 0.276 e. The summed E-state index contributed by atoms with van der Waals surface area (Å²) in [6.45, 7) is 0. The first kappa shape index (κ1) is 23.7. The Balaban J connectivity index is 1.37. The van der Waals surface area contributed by atoms with Crippen LogP contribution in [0.25, 0.3) is 0 Å². The van der Waals surface area contributed by atoms with Gasteiger partial charge in [0.2, 0.25) is 5.95 Å². The highest BCUT2D eigenvalue weighted by Gasteiger charge is 2.35. The molecule has 4 rings (SSSR count). The largest absolute Gasteiger partial charge is 0.508 e. The van der Waals surface area contributed by atoms with Crippen LogP contribution in [0.2, 0.25) is 0 Å². The lowest BCUT2D eigenvalue weighted by molar-refractivity contribution is -0.0225. The number of phenols is 1. The molecule has 0 fully saturated rings. The Morgan fingerprint density at radius 3 is 2.44 bits per heavy atom. The Labute approximate surface area is 200 Å². The number of aromatic nitrogens is 2. The lowest BCUT2D eigenvalue weighted by atomic mass is 10.1. The SMILES string of the molecule is COC1C(CSc2ccc(S(=O)(=O)Nc3ncccn3)cc2)C=NN1C(=O)c1ccc(O)cc1. The number of hydrogen-bond donors (Lipinski definition) is 2. The fourth-order valence-electron chi connectivity index (χ4n) is 3.22. The molecule has 0 saturated carbocycles. The van der Waals surface area contributed by atoms with Gasteiger partial charge >= 0.3 is 0 Å². The Morgan fingerprint density at radius 2 is 1.79 bits per heavy atom. The lowest BCUT2D eigenvalue weighted by Gasteiger charge is -2.24. The van der Waals surface area contributed by atoms with Gasteiger partial charge in [-0.1, -0.05) is 0 Å². The Kier molecular flexibility index (Phi) is 7.10. The summed E-state index contributed by atoms with van der Waals surface area (Å²) < 4.78 is 32.9. The van der Waals surface area contributed by atoms with Crippen molar-refractivity contribution in [3.05, 3.63) is 72.6 Å². The van der Waals surface area contributed by atoms with Gasteiger partial charge in [0.05, 0.1) is 10.8 Å². The molecule has 176 valence electrons. The van der Waals surface area contributed by atoms with Gasteiger partial charge in [0.1, 0.15) is 5.75 Å². The van der Waals surface area contributed by atoms with Crippen LogP contribution in [0.1, 0.15) is 10.4 Å². The minimum absolute atomic E-state index is 0.00140. The molecule has 0 spiro atoms. The summed E-state index contributed by atoms with van der Waals surface area (Å²) in [7, 11) is -2.29. The molecule has 34 heavy (non-hydrogen) atoms. The summed E-state index contributed by atoms with van der Waals surface area (Å²) in [5, 5.41) is 14.9. The number of thioether (sulfide) groups is 1. The number of phenolic OH excluding ortho intramolecular Hbond substituents is 1. The summed E-state index contributed by atoms with van der Waals surface area (Å²) >= 11 is 1.49. The van der Waals surface area contributed by atoms with E-state index in [2.05, 4.69) is 19.8 Å². The average molecular weight is 500 g/mol. The fraction of sp³-hybridized carbons (Fsp3) is 0.182. The molecule has 3 aromatic rings. The number of sulfonamides is 1. The second kappa shape index (κ2) is 10.2. The number of anilines is 1. The first-order valence-electron chi connectivity index (χ1n) is 10.1. The van der Waals surface area contributed by atoms with Crippen molar-refractivity contribution in [2.75, 3.05) is 17.6 Å². The summed E-state index contributed by atoms with van der Waals surface area (Å²) in [4.78, 5) is 21.5.